The summed E-state index contributed by atoms with van der Waals surface area (Å²) in [5.74, 6) is -1.95. The normalized spacial score (nSPS) is 23.9. The lowest BCUT2D eigenvalue weighted by atomic mass is 9.88. The van der Waals surface area contributed by atoms with E-state index < -0.39 is 29.5 Å². The molecule has 0 spiro atoms. The molecule has 0 aromatic heterocycles. The first kappa shape index (κ1) is 15.6. The van der Waals surface area contributed by atoms with Crippen molar-refractivity contribution in [3.63, 3.8) is 0 Å². The molecule has 0 aromatic carbocycles. The Labute approximate surface area is 113 Å². The number of ether oxygens (including phenoxy) is 2. The molecule has 6 nitrogen and oxygen atoms in total. The molecule has 1 heterocycles. The monoisotopic (exact) mass is 270 g/mol. The van der Waals surface area contributed by atoms with E-state index in [0.717, 1.165) is 0 Å². The standard InChI is InChI=1S/C13H22N2O4/c1-5-18-11(16)9-8(14)6-7-15-10(9)12(17)19-13(2,3)4/h9-10,14-15H,5-7H2,1-4H3. The van der Waals surface area contributed by atoms with E-state index in [1.54, 1.807) is 27.7 Å². The minimum absolute atomic E-state index is 0.216. The maximum absolute atomic E-state index is 12.1. The molecular weight excluding hydrogens is 248 g/mol. The number of esters is 2. The van der Waals surface area contributed by atoms with Crippen molar-refractivity contribution < 1.29 is 19.1 Å². The van der Waals surface area contributed by atoms with Gasteiger partial charge in [-0.25, -0.2) is 0 Å². The van der Waals surface area contributed by atoms with E-state index in [1.165, 1.54) is 0 Å². The molecule has 0 saturated carbocycles. The summed E-state index contributed by atoms with van der Waals surface area (Å²) in [5, 5.41) is 10.8. The third-order valence-electron chi connectivity index (χ3n) is 2.67. The van der Waals surface area contributed by atoms with Gasteiger partial charge in [0.25, 0.3) is 0 Å². The Balaban J connectivity index is 2.85. The van der Waals surface area contributed by atoms with Gasteiger partial charge < -0.3 is 20.2 Å². The quantitative estimate of drug-likeness (QED) is 0.743. The van der Waals surface area contributed by atoms with Gasteiger partial charge in [0.2, 0.25) is 0 Å². The average molecular weight is 270 g/mol. The molecule has 19 heavy (non-hydrogen) atoms. The van der Waals surface area contributed by atoms with Crippen molar-refractivity contribution in [2.45, 2.75) is 45.8 Å². The van der Waals surface area contributed by atoms with Gasteiger partial charge in [-0.05, 0) is 34.1 Å². The zero-order valence-corrected chi connectivity index (χ0v) is 11.9. The molecule has 1 aliphatic heterocycles. The fourth-order valence-corrected chi connectivity index (χ4v) is 1.93. The third kappa shape index (κ3) is 4.31. The Kier molecular flexibility index (Phi) is 5.05. The number of rotatable bonds is 3. The Morgan fingerprint density at radius 1 is 1.37 bits per heavy atom. The van der Waals surface area contributed by atoms with Crippen molar-refractivity contribution in [1.29, 1.82) is 5.41 Å². The van der Waals surface area contributed by atoms with Crippen LogP contribution in [0.2, 0.25) is 0 Å². The summed E-state index contributed by atoms with van der Waals surface area (Å²) >= 11 is 0. The molecule has 6 heteroatoms. The second-order valence-corrected chi connectivity index (χ2v) is 5.47. The molecule has 2 atom stereocenters. The zero-order valence-electron chi connectivity index (χ0n) is 11.9. The lowest BCUT2D eigenvalue weighted by Gasteiger charge is -2.32. The molecular formula is C13H22N2O4. The maximum Gasteiger partial charge on any atom is 0.324 e. The number of carbonyl (C=O) groups is 2. The van der Waals surface area contributed by atoms with Crippen LogP contribution in [0, 0.1) is 11.3 Å². The van der Waals surface area contributed by atoms with E-state index in [9.17, 15) is 9.59 Å². The highest BCUT2D eigenvalue weighted by Crippen LogP contribution is 2.19. The summed E-state index contributed by atoms with van der Waals surface area (Å²) in [6, 6.07) is -0.834. The third-order valence-corrected chi connectivity index (χ3v) is 2.67. The van der Waals surface area contributed by atoms with Crippen molar-refractivity contribution in [3.05, 3.63) is 0 Å². The molecule has 1 saturated heterocycles. The fourth-order valence-electron chi connectivity index (χ4n) is 1.93. The topological polar surface area (TPSA) is 88.5 Å². The molecule has 0 bridgehead atoms. The number of carbonyl (C=O) groups excluding carboxylic acids is 2. The molecule has 1 rings (SSSR count). The predicted molar refractivity (Wildman–Crippen MR) is 70.1 cm³/mol. The number of hydrogen-bond acceptors (Lipinski definition) is 6. The molecule has 0 aromatic rings. The smallest absolute Gasteiger partial charge is 0.324 e. The molecule has 1 aliphatic rings. The first-order chi connectivity index (χ1) is 8.76. The number of nitrogens with one attached hydrogen (secondary N) is 2. The predicted octanol–water partition coefficient (Wildman–Crippen LogP) is 0.889. The van der Waals surface area contributed by atoms with E-state index in [1.807, 2.05) is 0 Å². The van der Waals surface area contributed by atoms with Crippen LogP contribution in [-0.2, 0) is 19.1 Å². The van der Waals surface area contributed by atoms with Crippen molar-refractivity contribution in [1.82, 2.24) is 5.32 Å². The highest BCUT2D eigenvalue weighted by atomic mass is 16.6. The van der Waals surface area contributed by atoms with E-state index in [4.69, 9.17) is 14.9 Å². The summed E-state index contributed by atoms with van der Waals surface area (Å²) < 4.78 is 10.2. The van der Waals surface area contributed by atoms with Gasteiger partial charge in [0, 0.05) is 12.3 Å². The fraction of sp³-hybridized carbons (Fsp3) is 0.769. The summed E-state index contributed by atoms with van der Waals surface area (Å²) in [4.78, 5) is 24.0. The van der Waals surface area contributed by atoms with Gasteiger partial charge in [-0.1, -0.05) is 0 Å². The lowest BCUT2D eigenvalue weighted by Crippen LogP contribution is -2.55. The molecule has 2 unspecified atom stereocenters. The summed E-state index contributed by atoms with van der Waals surface area (Å²) in [6.45, 7) is 7.69. The van der Waals surface area contributed by atoms with E-state index in [-0.39, 0.29) is 12.3 Å². The number of piperidine rings is 1. The first-order valence-corrected chi connectivity index (χ1v) is 6.46. The van der Waals surface area contributed by atoms with Crippen LogP contribution in [0.4, 0.5) is 0 Å². The highest BCUT2D eigenvalue weighted by molar-refractivity contribution is 6.05. The minimum Gasteiger partial charge on any atom is -0.465 e. The first-order valence-electron chi connectivity index (χ1n) is 6.46. The van der Waals surface area contributed by atoms with Gasteiger partial charge in [0.05, 0.1) is 6.61 Å². The maximum atomic E-state index is 12.1. The van der Waals surface area contributed by atoms with E-state index in [0.29, 0.717) is 13.0 Å². The Bertz CT molecular complexity index is 373. The van der Waals surface area contributed by atoms with Gasteiger partial charge in [0.15, 0.2) is 0 Å². The van der Waals surface area contributed by atoms with Crippen molar-refractivity contribution >= 4 is 17.7 Å². The molecule has 0 radical (unpaired) electrons. The van der Waals surface area contributed by atoms with Crippen LogP contribution in [0.15, 0.2) is 0 Å². The van der Waals surface area contributed by atoms with Crippen LogP contribution in [0.5, 0.6) is 0 Å². The van der Waals surface area contributed by atoms with Gasteiger partial charge in [-0.3, -0.25) is 9.59 Å². The van der Waals surface area contributed by atoms with E-state index >= 15 is 0 Å². The van der Waals surface area contributed by atoms with Crippen molar-refractivity contribution in [3.8, 4) is 0 Å². The SMILES string of the molecule is CCOC(=O)C1C(=N)CCNC1C(=O)OC(C)(C)C. The van der Waals surface area contributed by atoms with Crippen molar-refractivity contribution in [2.75, 3.05) is 13.2 Å². The van der Waals surface area contributed by atoms with Gasteiger partial charge >= 0.3 is 11.9 Å². The van der Waals surface area contributed by atoms with E-state index in [2.05, 4.69) is 5.32 Å². The summed E-state index contributed by atoms with van der Waals surface area (Å²) in [5.41, 5.74) is -0.412. The Hall–Kier alpha value is -1.43. The Morgan fingerprint density at radius 3 is 2.53 bits per heavy atom. The lowest BCUT2D eigenvalue weighted by molar-refractivity contribution is -0.163. The van der Waals surface area contributed by atoms with Gasteiger partial charge in [-0.2, -0.15) is 0 Å². The van der Waals surface area contributed by atoms with Crippen LogP contribution in [0.1, 0.15) is 34.1 Å². The molecule has 0 amide bonds. The van der Waals surface area contributed by atoms with Crippen LogP contribution in [-0.4, -0.2) is 42.4 Å². The second kappa shape index (κ2) is 6.14. The largest absolute Gasteiger partial charge is 0.465 e. The highest BCUT2D eigenvalue weighted by Gasteiger charge is 2.42. The molecule has 108 valence electrons. The molecule has 2 N–H and O–H groups in total. The van der Waals surface area contributed by atoms with Crippen LogP contribution < -0.4 is 5.32 Å². The second-order valence-electron chi connectivity index (χ2n) is 5.47. The minimum atomic E-state index is -0.886. The molecule has 1 fully saturated rings. The van der Waals surface area contributed by atoms with Crippen LogP contribution in [0.3, 0.4) is 0 Å². The van der Waals surface area contributed by atoms with Crippen molar-refractivity contribution in [2.24, 2.45) is 5.92 Å². The Morgan fingerprint density at radius 2 is 2.00 bits per heavy atom. The van der Waals surface area contributed by atoms with Gasteiger partial charge in [-0.15, -0.1) is 0 Å². The van der Waals surface area contributed by atoms with Gasteiger partial charge in [0.1, 0.15) is 17.6 Å². The zero-order chi connectivity index (χ0) is 14.6. The number of hydrogen-bond donors (Lipinski definition) is 2. The summed E-state index contributed by atoms with van der Waals surface area (Å²) in [7, 11) is 0. The average Bonchev–Trinajstić information content (AvgIpc) is 2.26. The molecule has 0 aliphatic carbocycles. The van der Waals surface area contributed by atoms with Crippen LogP contribution >= 0.6 is 0 Å². The van der Waals surface area contributed by atoms with Crippen LogP contribution in [0.25, 0.3) is 0 Å². The summed E-state index contributed by atoms with van der Waals surface area (Å²) in [6.07, 6.45) is 0.433.